The van der Waals surface area contributed by atoms with Crippen LogP contribution in [0.25, 0.3) is 0 Å². The van der Waals surface area contributed by atoms with Crippen molar-refractivity contribution in [3.63, 3.8) is 0 Å². The van der Waals surface area contributed by atoms with Gasteiger partial charge in [-0.15, -0.1) is 0 Å². The molecule has 0 aromatic carbocycles. The third-order valence-electron chi connectivity index (χ3n) is 3.61. The summed E-state index contributed by atoms with van der Waals surface area (Å²) in [6.45, 7) is 2.23. The molecule has 0 amide bonds. The summed E-state index contributed by atoms with van der Waals surface area (Å²) in [5, 5.41) is 3.56. The van der Waals surface area contributed by atoms with E-state index in [1.165, 1.54) is 31.9 Å². The second-order valence-electron chi connectivity index (χ2n) is 5.09. The van der Waals surface area contributed by atoms with E-state index in [1.807, 2.05) is 0 Å². The molecule has 1 aliphatic rings. The van der Waals surface area contributed by atoms with Crippen LogP contribution in [0, 0.1) is 5.92 Å². The minimum Gasteiger partial charge on any atom is -0.381 e. The van der Waals surface area contributed by atoms with Crippen LogP contribution >= 0.6 is 0 Å². The molecule has 2 rings (SSSR count). The van der Waals surface area contributed by atoms with Gasteiger partial charge in [-0.1, -0.05) is 13.3 Å². The van der Waals surface area contributed by atoms with Crippen LogP contribution in [0.5, 0.6) is 0 Å². The SMILES string of the molecule is CCC1CCC(Nc2ccc(S(C)(=O)=O)nc2)C1. The maximum Gasteiger partial charge on any atom is 0.192 e. The van der Waals surface area contributed by atoms with Gasteiger partial charge in [0.15, 0.2) is 14.9 Å². The molecule has 0 aliphatic heterocycles. The molecule has 1 N–H and O–H groups in total. The summed E-state index contributed by atoms with van der Waals surface area (Å²) in [5.41, 5.74) is 0.907. The topological polar surface area (TPSA) is 59.1 Å². The number of nitrogens with one attached hydrogen (secondary N) is 1. The largest absolute Gasteiger partial charge is 0.381 e. The van der Waals surface area contributed by atoms with Crippen LogP contribution in [0.15, 0.2) is 23.4 Å². The number of hydrogen-bond donors (Lipinski definition) is 1. The summed E-state index contributed by atoms with van der Waals surface area (Å²) in [6.07, 6.45) is 7.68. The van der Waals surface area contributed by atoms with E-state index in [0.29, 0.717) is 6.04 Å². The maximum atomic E-state index is 11.3. The van der Waals surface area contributed by atoms with Crippen molar-refractivity contribution in [3.8, 4) is 0 Å². The molecule has 5 heteroatoms. The Labute approximate surface area is 109 Å². The molecule has 1 aliphatic carbocycles. The first-order valence-corrected chi connectivity index (χ1v) is 8.31. The highest BCUT2D eigenvalue weighted by Crippen LogP contribution is 2.30. The van der Waals surface area contributed by atoms with Crippen LogP contribution < -0.4 is 5.32 Å². The molecule has 1 heterocycles. The summed E-state index contributed by atoms with van der Waals surface area (Å²) >= 11 is 0. The highest BCUT2D eigenvalue weighted by molar-refractivity contribution is 7.90. The molecule has 0 saturated heterocycles. The van der Waals surface area contributed by atoms with Gasteiger partial charge in [0, 0.05) is 12.3 Å². The Morgan fingerprint density at radius 2 is 2.17 bits per heavy atom. The lowest BCUT2D eigenvalue weighted by Crippen LogP contribution is -2.15. The number of pyridine rings is 1. The van der Waals surface area contributed by atoms with Crippen LogP contribution in [-0.2, 0) is 9.84 Å². The molecule has 100 valence electrons. The lowest BCUT2D eigenvalue weighted by molar-refractivity contribution is 0.525. The second kappa shape index (κ2) is 5.26. The van der Waals surface area contributed by atoms with Crippen molar-refractivity contribution in [3.05, 3.63) is 18.3 Å². The monoisotopic (exact) mass is 268 g/mol. The first-order valence-electron chi connectivity index (χ1n) is 6.41. The van der Waals surface area contributed by atoms with Crippen molar-refractivity contribution in [1.29, 1.82) is 0 Å². The van der Waals surface area contributed by atoms with Crippen molar-refractivity contribution < 1.29 is 8.42 Å². The molecule has 1 aromatic heterocycles. The van der Waals surface area contributed by atoms with E-state index in [4.69, 9.17) is 0 Å². The van der Waals surface area contributed by atoms with Crippen LogP contribution in [0.2, 0.25) is 0 Å². The number of nitrogens with zero attached hydrogens (tertiary/aromatic N) is 1. The van der Waals surface area contributed by atoms with Crippen molar-refractivity contribution >= 4 is 15.5 Å². The predicted molar refractivity (Wildman–Crippen MR) is 72.4 cm³/mol. The number of rotatable bonds is 4. The van der Waals surface area contributed by atoms with E-state index in [9.17, 15) is 8.42 Å². The number of sulfone groups is 1. The van der Waals surface area contributed by atoms with Crippen LogP contribution in [0.4, 0.5) is 5.69 Å². The lowest BCUT2D eigenvalue weighted by Gasteiger charge is -2.14. The molecular formula is C13H20N2O2S. The number of aromatic nitrogens is 1. The standard InChI is InChI=1S/C13H20N2O2S/c1-3-10-4-5-11(8-10)15-12-6-7-13(14-9-12)18(2,16)17/h6-7,9-11,15H,3-5,8H2,1-2H3. The first-order chi connectivity index (χ1) is 8.49. The first kappa shape index (κ1) is 13.3. The van der Waals surface area contributed by atoms with E-state index in [1.54, 1.807) is 18.3 Å². The Morgan fingerprint density at radius 1 is 1.39 bits per heavy atom. The van der Waals surface area contributed by atoms with Gasteiger partial charge in [0.2, 0.25) is 0 Å². The lowest BCUT2D eigenvalue weighted by atomic mass is 10.1. The van der Waals surface area contributed by atoms with Gasteiger partial charge in [-0.25, -0.2) is 13.4 Å². The minimum atomic E-state index is -3.20. The van der Waals surface area contributed by atoms with E-state index in [-0.39, 0.29) is 5.03 Å². The van der Waals surface area contributed by atoms with Gasteiger partial charge in [0.1, 0.15) is 0 Å². The van der Waals surface area contributed by atoms with Crippen LogP contribution in [0.3, 0.4) is 0 Å². The molecule has 1 fully saturated rings. The third-order valence-corrected chi connectivity index (χ3v) is 4.61. The van der Waals surface area contributed by atoms with Gasteiger partial charge in [0.25, 0.3) is 0 Å². The average Bonchev–Trinajstić information content (AvgIpc) is 2.76. The highest BCUT2D eigenvalue weighted by atomic mass is 32.2. The second-order valence-corrected chi connectivity index (χ2v) is 7.05. The normalized spacial score (nSPS) is 24.1. The smallest absolute Gasteiger partial charge is 0.192 e. The molecule has 1 saturated carbocycles. The summed E-state index contributed by atoms with van der Waals surface area (Å²) in [6, 6.07) is 3.85. The quantitative estimate of drug-likeness (QED) is 0.911. The summed E-state index contributed by atoms with van der Waals surface area (Å²) in [5.74, 6) is 0.825. The molecule has 18 heavy (non-hydrogen) atoms. The molecule has 0 bridgehead atoms. The van der Waals surface area contributed by atoms with Gasteiger partial charge in [0.05, 0.1) is 11.9 Å². The van der Waals surface area contributed by atoms with Gasteiger partial charge in [-0.05, 0) is 37.3 Å². The van der Waals surface area contributed by atoms with E-state index >= 15 is 0 Å². The summed E-state index contributed by atoms with van der Waals surface area (Å²) in [4.78, 5) is 3.98. The molecular weight excluding hydrogens is 248 g/mol. The molecule has 0 spiro atoms. The van der Waals surface area contributed by atoms with Crippen LogP contribution in [-0.4, -0.2) is 25.7 Å². The average molecular weight is 268 g/mol. The third kappa shape index (κ3) is 3.22. The Hall–Kier alpha value is -1.10. The van der Waals surface area contributed by atoms with Gasteiger partial charge >= 0.3 is 0 Å². The van der Waals surface area contributed by atoms with Crippen molar-refractivity contribution in [1.82, 2.24) is 4.98 Å². The van der Waals surface area contributed by atoms with Crippen molar-refractivity contribution in [2.75, 3.05) is 11.6 Å². The number of anilines is 1. The minimum absolute atomic E-state index is 0.130. The van der Waals surface area contributed by atoms with E-state index in [2.05, 4.69) is 17.2 Å². The fourth-order valence-corrected chi connectivity index (χ4v) is 3.06. The summed E-state index contributed by atoms with van der Waals surface area (Å²) < 4.78 is 22.6. The van der Waals surface area contributed by atoms with E-state index < -0.39 is 9.84 Å². The molecule has 2 atom stereocenters. The zero-order chi connectivity index (χ0) is 13.2. The number of hydrogen-bond acceptors (Lipinski definition) is 4. The van der Waals surface area contributed by atoms with Crippen molar-refractivity contribution in [2.24, 2.45) is 5.92 Å². The maximum absolute atomic E-state index is 11.3. The Kier molecular flexibility index (Phi) is 3.90. The van der Waals surface area contributed by atoms with Crippen LogP contribution in [0.1, 0.15) is 32.6 Å². The molecule has 4 nitrogen and oxygen atoms in total. The predicted octanol–water partition coefficient (Wildman–Crippen LogP) is 2.48. The Balaban J connectivity index is 1.99. The summed E-state index contributed by atoms with van der Waals surface area (Å²) in [7, 11) is -3.20. The fraction of sp³-hybridized carbons (Fsp3) is 0.615. The zero-order valence-corrected chi connectivity index (χ0v) is 11.7. The fourth-order valence-electron chi connectivity index (χ4n) is 2.50. The molecule has 2 unspecified atom stereocenters. The van der Waals surface area contributed by atoms with Gasteiger partial charge in [-0.2, -0.15) is 0 Å². The van der Waals surface area contributed by atoms with E-state index in [0.717, 1.165) is 11.6 Å². The molecule has 0 radical (unpaired) electrons. The molecule has 1 aromatic rings. The zero-order valence-electron chi connectivity index (χ0n) is 10.9. The highest BCUT2D eigenvalue weighted by Gasteiger charge is 2.23. The van der Waals surface area contributed by atoms with Gasteiger partial charge < -0.3 is 5.32 Å². The Morgan fingerprint density at radius 3 is 2.67 bits per heavy atom. The Bertz CT molecular complexity index is 496. The van der Waals surface area contributed by atoms with Crippen molar-refractivity contribution in [2.45, 2.75) is 43.7 Å². The van der Waals surface area contributed by atoms with Gasteiger partial charge in [-0.3, -0.25) is 0 Å².